The highest BCUT2D eigenvalue weighted by Gasteiger charge is 2.68. The van der Waals surface area contributed by atoms with E-state index in [1.54, 1.807) is 19.1 Å². The van der Waals surface area contributed by atoms with E-state index in [0.29, 0.717) is 17.9 Å². The molecule has 0 amide bonds. The number of anilines is 1. The van der Waals surface area contributed by atoms with E-state index >= 15 is 0 Å². The number of hydrogen-bond donors (Lipinski definition) is 1. The van der Waals surface area contributed by atoms with Gasteiger partial charge in [0, 0.05) is 45.4 Å². The van der Waals surface area contributed by atoms with Crippen LogP contribution in [0.5, 0.6) is 11.5 Å². The summed E-state index contributed by atoms with van der Waals surface area (Å²) >= 11 is 0. The Hall–Kier alpha value is -5.31. The first-order valence-electron chi connectivity index (χ1n) is 15.2. The van der Waals surface area contributed by atoms with Crippen LogP contribution in [-0.2, 0) is 25.4 Å². The number of nitro benzene ring substituents is 1. The van der Waals surface area contributed by atoms with E-state index in [-0.39, 0.29) is 23.8 Å². The van der Waals surface area contributed by atoms with Gasteiger partial charge in [0.1, 0.15) is 37.1 Å². The fraction of sp³-hybridized carbons (Fsp3) is 0.270. The number of fused-ring (bicyclic) bond motifs is 8. The Morgan fingerprint density at radius 3 is 2.59 bits per heavy atom. The van der Waals surface area contributed by atoms with Crippen LogP contribution in [0.2, 0.25) is 0 Å². The molecule has 4 aromatic carbocycles. The van der Waals surface area contributed by atoms with Crippen LogP contribution in [0.15, 0.2) is 96.6 Å². The maximum absolute atomic E-state index is 11.9. The number of carbonyl (C=O) groups excluding carboxylic acids is 1. The zero-order chi connectivity index (χ0) is 32.4. The highest BCUT2D eigenvalue weighted by molar-refractivity contribution is 5.90. The topological polar surface area (TPSA) is 109 Å². The summed E-state index contributed by atoms with van der Waals surface area (Å²) in [7, 11) is 0. The predicted octanol–water partition coefficient (Wildman–Crippen LogP) is 7.64. The molecule has 2 bridgehead atoms. The quantitative estimate of drug-likeness (QED) is 0.0740. The van der Waals surface area contributed by atoms with E-state index in [4.69, 9.17) is 18.9 Å². The molecule has 2 atom stereocenters. The molecule has 7 rings (SSSR count). The summed E-state index contributed by atoms with van der Waals surface area (Å²) in [6.07, 6.45) is 0. The van der Waals surface area contributed by atoms with Crippen molar-refractivity contribution in [3.05, 3.63) is 123 Å². The lowest BCUT2D eigenvalue weighted by molar-refractivity contribution is -0.384. The fourth-order valence-electron chi connectivity index (χ4n) is 7.22. The van der Waals surface area contributed by atoms with Crippen LogP contribution in [0, 0.1) is 15.5 Å². The number of nitrogens with one attached hydrogen (secondary N) is 1. The van der Waals surface area contributed by atoms with Gasteiger partial charge in [-0.3, -0.25) is 10.1 Å². The molecule has 1 N–H and O–H groups in total. The van der Waals surface area contributed by atoms with Crippen molar-refractivity contribution >= 4 is 33.9 Å². The number of nitrogens with zero attached hydrogens (tertiary/aromatic N) is 1. The largest absolute Gasteiger partial charge is 0.490 e. The van der Waals surface area contributed by atoms with E-state index in [2.05, 4.69) is 32.7 Å². The van der Waals surface area contributed by atoms with E-state index in [1.165, 1.54) is 6.07 Å². The smallest absolute Gasteiger partial charge is 0.333 e. The van der Waals surface area contributed by atoms with Crippen LogP contribution < -0.4 is 14.8 Å². The van der Waals surface area contributed by atoms with Crippen molar-refractivity contribution in [2.24, 2.45) is 5.41 Å². The molecule has 0 radical (unpaired) electrons. The van der Waals surface area contributed by atoms with Crippen LogP contribution in [0.4, 0.5) is 11.4 Å². The predicted molar refractivity (Wildman–Crippen MR) is 175 cm³/mol. The van der Waals surface area contributed by atoms with E-state index in [1.807, 2.05) is 60.7 Å². The molecule has 0 fully saturated rings. The first-order chi connectivity index (χ1) is 22.0. The van der Waals surface area contributed by atoms with E-state index in [0.717, 1.165) is 50.2 Å². The third-order valence-electron chi connectivity index (χ3n) is 10.00. The lowest BCUT2D eigenvalue weighted by Crippen LogP contribution is -2.66. The highest BCUT2D eigenvalue weighted by atomic mass is 16.6. The standard InChI is InChI=1S/C37H34N2O7/c1-22(2)34(40)44-18-17-43-25-15-16-31-29(20-25)36(5)30-21-45-32-12-7-6-10-26(32)33(30)46-37(38-31,35(36,3)4)28-11-8-9-23-13-14-24(39(41)42)19-27(23)28/h6-16,19-20,38H,1,17-18,21H2,2-5H3/t36-,37?/m1/s1. The van der Waals surface area contributed by atoms with Gasteiger partial charge in [0.2, 0.25) is 5.72 Å². The molecule has 0 spiro atoms. The number of non-ortho nitro benzene ring substituents is 1. The number of ether oxygens (including phenoxy) is 4. The minimum Gasteiger partial charge on any atom is -0.490 e. The average molecular weight is 619 g/mol. The number of benzene rings is 4. The number of nitro groups is 1. The molecule has 0 saturated heterocycles. The molecule has 0 aliphatic carbocycles. The molecule has 9 nitrogen and oxygen atoms in total. The molecule has 4 aromatic rings. The summed E-state index contributed by atoms with van der Waals surface area (Å²) < 4.78 is 24.9. The van der Waals surface area contributed by atoms with Crippen molar-refractivity contribution < 1.29 is 28.7 Å². The van der Waals surface area contributed by atoms with Gasteiger partial charge in [-0.05, 0) is 59.7 Å². The van der Waals surface area contributed by atoms with Gasteiger partial charge in [-0.25, -0.2) is 4.79 Å². The Balaban J connectivity index is 1.43. The monoisotopic (exact) mass is 618 g/mol. The summed E-state index contributed by atoms with van der Waals surface area (Å²) in [5, 5.41) is 17.3. The Labute approximate surface area is 266 Å². The van der Waals surface area contributed by atoms with Crippen molar-refractivity contribution in [3.8, 4) is 11.5 Å². The van der Waals surface area contributed by atoms with Gasteiger partial charge in [0.15, 0.2) is 0 Å². The lowest BCUT2D eigenvalue weighted by atomic mass is 9.50. The van der Waals surface area contributed by atoms with Gasteiger partial charge < -0.3 is 24.3 Å². The fourth-order valence-corrected chi connectivity index (χ4v) is 7.22. The summed E-state index contributed by atoms with van der Waals surface area (Å²) in [5.74, 6) is 1.63. The lowest BCUT2D eigenvalue weighted by Gasteiger charge is -2.64. The highest BCUT2D eigenvalue weighted by Crippen LogP contribution is 2.68. The minimum absolute atomic E-state index is 0.0102. The second-order valence-electron chi connectivity index (χ2n) is 12.7. The number of carbonyl (C=O) groups is 1. The second kappa shape index (κ2) is 10.4. The Morgan fingerprint density at radius 1 is 1.00 bits per heavy atom. The minimum atomic E-state index is -1.15. The summed E-state index contributed by atoms with van der Waals surface area (Å²) in [6, 6.07) is 24.5. The van der Waals surface area contributed by atoms with Crippen LogP contribution in [0.1, 0.15) is 44.4 Å². The molecular formula is C37H34N2O7. The average Bonchev–Trinajstić information content (AvgIpc) is 3.04. The van der Waals surface area contributed by atoms with E-state index < -0.39 is 22.5 Å². The zero-order valence-corrected chi connectivity index (χ0v) is 26.1. The third-order valence-corrected chi connectivity index (χ3v) is 10.00. The van der Waals surface area contributed by atoms with Crippen LogP contribution in [0.3, 0.4) is 0 Å². The van der Waals surface area contributed by atoms with Crippen LogP contribution >= 0.6 is 0 Å². The first-order valence-corrected chi connectivity index (χ1v) is 15.2. The second-order valence-corrected chi connectivity index (χ2v) is 12.7. The van der Waals surface area contributed by atoms with Crippen molar-refractivity contribution in [3.63, 3.8) is 0 Å². The van der Waals surface area contributed by atoms with Crippen molar-refractivity contribution in [1.29, 1.82) is 0 Å². The van der Waals surface area contributed by atoms with Crippen molar-refractivity contribution in [2.45, 2.75) is 38.8 Å². The molecule has 0 aromatic heterocycles. The van der Waals surface area contributed by atoms with Gasteiger partial charge in [0.05, 0.1) is 10.5 Å². The van der Waals surface area contributed by atoms with E-state index in [9.17, 15) is 14.9 Å². The summed E-state index contributed by atoms with van der Waals surface area (Å²) in [6.45, 7) is 12.3. The molecule has 1 unspecified atom stereocenters. The molecular weight excluding hydrogens is 584 g/mol. The van der Waals surface area contributed by atoms with Gasteiger partial charge >= 0.3 is 5.97 Å². The van der Waals surface area contributed by atoms with Crippen LogP contribution in [-0.4, -0.2) is 30.7 Å². The van der Waals surface area contributed by atoms with Crippen molar-refractivity contribution in [2.75, 3.05) is 25.1 Å². The van der Waals surface area contributed by atoms with Gasteiger partial charge in [-0.1, -0.05) is 57.7 Å². The molecule has 0 saturated carbocycles. The van der Waals surface area contributed by atoms with Gasteiger partial charge in [0.25, 0.3) is 5.69 Å². The zero-order valence-electron chi connectivity index (χ0n) is 26.1. The first kappa shape index (κ1) is 29.4. The normalized spacial score (nSPS) is 21.8. The molecule has 3 heterocycles. The molecule has 46 heavy (non-hydrogen) atoms. The van der Waals surface area contributed by atoms with Gasteiger partial charge in [-0.15, -0.1) is 0 Å². The SMILES string of the molecule is C=C(C)C(=O)OCCOc1ccc2c(c1)[C@]1(C)C3=C(OC(c4cccc5ccc([N+](=O)[O-])cc45)(N2)C1(C)C)c1ccccc1OC3. The number of rotatable bonds is 7. The maximum Gasteiger partial charge on any atom is 0.333 e. The number of para-hydroxylation sites is 1. The van der Waals surface area contributed by atoms with Gasteiger partial charge in [-0.2, -0.15) is 0 Å². The molecule has 3 aliphatic heterocycles. The summed E-state index contributed by atoms with van der Waals surface area (Å²) in [4.78, 5) is 23.4. The number of esters is 1. The Bertz CT molecular complexity index is 2000. The Morgan fingerprint density at radius 2 is 1.80 bits per heavy atom. The van der Waals surface area contributed by atoms with Crippen molar-refractivity contribution in [1.82, 2.24) is 0 Å². The molecule has 234 valence electrons. The summed E-state index contributed by atoms with van der Waals surface area (Å²) in [5.41, 5.74) is 2.32. The Kier molecular flexibility index (Phi) is 6.63. The third kappa shape index (κ3) is 4.11. The maximum atomic E-state index is 11.9. The van der Waals surface area contributed by atoms with Crippen LogP contribution in [0.25, 0.3) is 16.5 Å². The molecule has 9 heteroatoms. The molecule has 3 aliphatic rings. The number of hydrogen-bond acceptors (Lipinski definition) is 8.